The minimum absolute atomic E-state index is 0.223. The maximum absolute atomic E-state index is 12.8. The summed E-state index contributed by atoms with van der Waals surface area (Å²) in [5.74, 6) is 0.270. The highest BCUT2D eigenvalue weighted by Gasteiger charge is 2.23. The Labute approximate surface area is 150 Å². The molecular weight excluding hydrogens is 332 g/mol. The zero-order chi connectivity index (χ0) is 18.1. The smallest absolute Gasteiger partial charge is 0.257 e. The normalized spacial score (nSPS) is 13.5. The highest BCUT2D eigenvalue weighted by molar-refractivity contribution is 6.00. The third-order valence-corrected chi connectivity index (χ3v) is 4.64. The van der Waals surface area contributed by atoms with Crippen molar-refractivity contribution in [1.29, 1.82) is 0 Å². The molecule has 0 unspecified atom stereocenters. The largest absolute Gasteiger partial charge is 0.376 e. The van der Waals surface area contributed by atoms with Crippen molar-refractivity contribution in [3.8, 4) is 11.3 Å². The lowest BCUT2D eigenvalue weighted by Gasteiger charge is -2.13. The van der Waals surface area contributed by atoms with Crippen molar-refractivity contribution in [3.63, 3.8) is 0 Å². The van der Waals surface area contributed by atoms with E-state index in [0.29, 0.717) is 36.8 Å². The zero-order valence-electron chi connectivity index (χ0n) is 14.8. The fourth-order valence-electron chi connectivity index (χ4n) is 3.31. The molecule has 1 aliphatic rings. The topological polar surface area (TPSA) is 82.2 Å². The van der Waals surface area contributed by atoms with Crippen molar-refractivity contribution >= 4 is 5.91 Å². The number of ether oxygens (including phenoxy) is 1. The fourth-order valence-corrected chi connectivity index (χ4v) is 3.31. The number of carbonyl (C=O) groups excluding carboxylic acids is 1. The number of nitrogens with one attached hydrogen (secondary N) is 1. The van der Waals surface area contributed by atoms with Gasteiger partial charge in [-0.15, -0.1) is 0 Å². The summed E-state index contributed by atoms with van der Waals surface area (Å²) in [5.41, 5.74) is 4.93. The van der Waals surface area contributed by atoms with Gasteiger partial charge in [0.15, 0.2) is 0 Å². The summed E-state index contributed by atoms with van der Waals surface area (Å²) in [4.78, 5) is 12.8. The Balaban J connectivity index is 1.56. The summed E-state index contributed by atoms with van der Waals surface area (Å²) in [6, 6.07) is 9.53. The van der Waals surface area contributed by atoms with Crippen LogP contribution in [0.25, 0.3) is 11.3 Å². The molecule has 0 aliphatic carbocycles. The van der Waals surface area contributed by atoms with Gasteiger partial charge in [-0.3, -0.25) is 9.48 Å². The van der Waals surface area contributed by atoms with Crippen LogP contribution in [-0.2, 0) is 31.4 Å². The molecule has 134 valence electrons. The Morgan fingerprint density at radius 3 is 2.92 bits per heavy atom. The van der Waals surface area contributed by atoms with E-state index in [1.165, 1.54) is 5.69 Å². The number of hydrogen-bond acceptors (Lipinski definition) is 5. The minimum Gasteiger partial charge on any atom is -0.376 e. The molecule has 1 amide bonds. The third kappa shape index (κ3) is 2.90. The van der Waals surface area contributed by atoms with Gasteiger partial charge in [-0.05, 0) is 6.92 Å². The molecule has 3 heterocycles. The molecule has 0 spiro atoms. The fraction of sp³-hybridized carbons (Fsp3) is 0.316. The number of rotatable bonds is 4. The summed E-state index contributed by atoms with van der Waals surface area (Å²) in [7, 11) is 1.92. The molecule has 26 heavy (non-hydrogen) atoms. The second kappa shape index (κ2) is 6.76. The first-order valence-electron chi connectivity index (χ1n) is 8.56. The van der Waals surface area contributed by atoms with Crippen molar-refractivity contribution in [2.75, 3.05) is 6.61 Å². The Bertz CT molecular complexity index is 943. The number of benzene rings is 1. The van der Waals surface area contributed by atoms with Crippen LogP contribution in [0.5, 0.6) is 0 Å². The van der Waals surface area contributed by atoms with Crippen LogP contribution in [0.1, 0.15) is 33.1 Å². The van der Waals surface area contributed by atoms with E-state index in [4.69, 9.17) is 9.26 Å². The SMILES string of the molecule is Cc1onc(-c2ccccc2)c1C(=O)NCc1nn(C)c2c1COCC2. The molecule has 4 rings (SSSR count). The van der Waals surface area contributed by atoms with Gasteiger partial charge in [0.25, 0.3) is 5.91 Å². The Morgan fingerprint density at radius 1 is 1.31 bits per heavy atom. The van der Waals surface area contributed by atoms with E-state index in [1.807, 2.05) is 42.1 Å². The Hall–Kier alpha value is -2.93. The zero-order valence-corrected chi connectivity index (χ0v) is 14.8. The van der Waals surface area contributed by atoms with Crippen molar-refractivity contribution < 1.29 is 14.1 Å². The van der Waals surface area contributed by atoms with E-state index >= 15 is 0 Å². The average Bonchev–Trinajstić information content (AvgIpc) is 3.21. The number of hydrogen-bond donors (Lipinski definition) is 1. The lowest BCUT2D eigenvalue weighted by Crippen LogP contribution is -2.25. The van der Waals surface area contributed by atoms with E-state index in [1.54, 1.807) is 6.92 Å². The van der Waals surface area contributed by atoms with E-state index in [9.17, 15) is 4.79 Å². The quantitative estimate of drug-likeness (QED) is 0.780. The van der Waals surface area contributed by atoms with Crippen LogP contribution >= 0.6 is 0 Å². The molecule has 0 saturated heterocycles. The summed E-state index contributed by atoms with van der Waals surface area (Å²) in [6.45, 7) is 3.32. The van der Waals surface area contributed by atoms with Gasteiger partial charge in [-0.25, -0.2) is 0 Å². The average molecular weight is 352 g/mol. The maximum atomic E-state index is 12.8. The van der Waals surface area contributed by atoms with Crippen LogP contribution in [0.3, 0.4) is 0 Å². The highest BCUT2D eigenvalue weighted by Crippen LogP contribution is 2.25. The van der Waals surface area contributed by atoms with E-state index < -0.39 is 0 Å². The van der Waals surface area contributed by atoms with E-state index in [0.717, 1.165) is 23.2 Å². The molecule has 0 atom stereocenters. The van der Waals surface area contributed by atoms with Crippen molar-refractivity contribution in [1.82, 2.24) is 20.3 Å². The molecule has 1 N–H and O–H groups in total. The van der Waals surface area contributed by atoms with E-state index in [-0.39, 0.29) is 5.91 Å². The van der Waals surface area contributed by atoms with Crippen molar-refractivity contribution in [3.05, 3.63) is 58.6 Å². The molecule has 0 fully saturated rings. The molecular formula is C19H20N4O3. The second-order valence-corrected chi connectivity index (χ2v) is 6.31. The van der Waals surface area contributed by atoms with Gasteiger partial charge in [0.05, 0.1) is 25.5 Å². The number of aryl methyl sites for hydroxylation is 2. The van der Waals surface area contributed by atoms with Crippen LogP contribution in [0, 0.1) is 6.92 Å². The standard InChI is InChI=1S/C19H20N4O3/c1-12-17(18(22-26-12)13-6-4-3-5-7-13)19(24)20-10-15-14-11-25-9-8-16(14)23(2)21-15/h3-7H,8-11H2,1-2H3,(H,20,24). The van der Waals surface area contributed by atoms with Crippen LogP contribution in [0.2, 0.25) is 0 Å². The molecule has 1 aliphatic heterocycles. The van der Waals surface area contributed by atoms with Gasteiger partial charge in [0.2, 0.25) is 0 Å². The van der Waals surface area contributed by atoms with Crippen molar-refractivity contribution in [2.45, 2.75) is 26.5 Å². The molecule has 0 saturated carbocycles. The highest BCUT2D eigenvalue weighted by atomic mass is 16.5. The van der Waals surface area contributed by atoms with Crippen LogP contribution in [-0.4, -0.2) is 27.5 Å². The van der Waals surface area contributed by atoms with Gasteiger partial charge < -0.3 is 14.6 Å². The summed E-state index contributed by atoms with van der Waals surface area (Å²) in [5, 5.41) is 11.5. The summed E-state index contributed by atoms with van der Waals surface area (Å²) in [6.07, 6.45) is 0.843. The van der Waals surface area contributed by atoms with Gasteiger partial charge in [-0.1, -0.05) is 35.5 Å². The van der Waals surface area contributed by atoms with Crippen molar-refractivity contribution in [2.24, 2.45) is 7.05 Å². The predicted molar refractivity (Wildman–Crippen MR) is 94.4 cm³/mol. The summed E-state index contributed by atoms with van der Waals surface area (Å²) >= 11 is 0. The molecule has 7 nitrogen and oxygen atoms in total. The monoisotopic (exact) mass is 352 g/mol. The third-order valence-electron chi connectivity index (χ3n) is 4.64. The lowest BCUT2D eigenvalue weighted by atomic mass is 10.1. The predicted octanol–water partition coefficient (Wildman–Crippen LogP) is 2.39. The molecule has 7 heteroatoms. The lowest BCUT2D eigenvalue weighted by molar-refractivity contribution is 0.0946. The van der Waals surface area contributed by atoms with Gasteiger partial charge in [0, 0.05) is 30.3 Å². The van der Waals surface area contributed by atoms with Crippen LogP contribution in [0.4, 0.5) is 0 Å². The Kier molecular flexibility index (Phi) is 4.30. The van der Waals surface area contributed by atoms with Crippen LogP contribution < -0.4 is 5.32 Å². The first-order chi connectivity index (χ1) is 12.6. The molecule has 0 radical (unpaired) electrons. The number of nitrogens with zero attached hydrogens (tertiary/aromatic N) is 3. The van der Waals surface area contributed by atoms with E-state index in [2.05, 4.69) is 15.6 Å². The Morgan fingerprint density at radius 2 is 2.12 bits per heavy atom. The van der Waals surface area contributed by atoms with Gasteiger partial charge in [0.1, 0.15) is 17.0 Å². The van der Waals surface area contributed by atoms with Crippen LogP contribution in [0.15, 0.2) is 34.9 Å². The van der Waals surface area contributed by atoms with Gasteiger partial charge >= 0.3 is 0 Å². The molecule has 0 bridgehead atoms. The number of amides is 1. The first-order valence-corrected chi connectivity index (χ1v) is 8.56. The molecule has 2 aromatic heterocycles. The second-order valence-electron chi connectivity index (χ2n) is 6.31. The number of aromatic nitrogens is 3. The first kappa shape index (κ1) is 16.5. The maximum Gasteiger partial charge on any atom is 0.257 e. The van der Waals surface area contributed by atoms with Gasteiger partial charge in [-0.2, -0.15) is 5.10 Å². The number of fused-ring (bicyclic) bond motifs is 1. The molecule has 3 aromatic rings. The summed E-state index contributed by atoms with van der Waals surface area (Å²) < 4.78 is 12.7. The molecule has 1 aromatic carbocycles. The minimum atomic E-state index is -0.223. The number of carbonyl (C=O) groups is 1.